The summed E-state index contributed by atoms with van der Waals surface area (Å²) in [4.78, 5) is 0. The van der Waals surface area contributed by atoms with Gasteiger partial charge in [0.2, 0.25) is 0 Å². The molecule has 78 valence electrons. The van der Waals surface area contributed by atoms with Crippen molar-refractivity contribution >= 4 is 22.5 Å². The lowest BCUT2D eigenvalue weighted by Gasteiger charge is -2.05. The molecule has 0 radical (unpaired) electrons. The molecule has 0 fully saturated rings. The van der Waals surface area contributed by atoms with Crippen LogP contribution in [0.25, 0.3) is 10.9 Å². The maximum Gasteiger partial charge on any atom is 0.0485 e. The zero-order chi connectivity index (χ0) is 10.8. The Labute approximate surface area is 95.0 Å². The number of rotatable bonds is 2. The zero-order valence-corrected chi connectivity index (χ0v) is 9.75. The average molecular weight is 220 g/mol. The molecule has 1 aromatic carbocycles. The Morgan fingerprint density at radius 1 is 1.40 bits per heavy atom. The van der Waals surface area contributed by atoms with Gasteiger partial charge in [0, 0.05) is 23.8 Å². The summed E-state index contributed by atoms with van der Waals surface area (Å²) in [5, 5.41) is 1.28. The molecule has 0 amide bonds. The molecule has 0 saturated carbocycles. The van der Waals surface area contributed by atoms with Crippen molar-refractivity contribution in [2.75, 3.05) is 0 Å². The third kappa shape index (κ3) is 2.07. The van der Waals surface area contributed by atoms with E-state index in [-0.39, 0.29) is 0 Å². The Hall–Kier alpha value is -1.21. The van der Waals surface area contributed by atoms with Gasteiger partial charge in [0.15, 0.2) is 0 Å². The van der Waals surface area contributed by atoms with Gasteiger partial charge < -0.3 is 4.57 Å². The second-order valence-electron chi connectivity index (χ2n) is 3.96. The van der Waals surface area contributed by atoms with E-state index in [0.717, 1.165) is 12.1 Å². The molecule has 0 saturated heterocycles. The number of fused-ring (bicyclic) bond motifs is 1. The molecule has 0 atom stereocenters. The largest absolute Gasteiger partial charge is 0.343 e. The maximum absolute atomic E-state index is 5.68. The highest BCUT2D eigenvalue weighted by Crippen LogP contribution is 2.18. The van der Waals surface area contributed by atoms with Crippen LogP contribution in [0.2, 0.25) is 0 Å². The van der Waals surface area contributed by atoms with Crippen LogP contribution in [0.1, 0.15) is 12.5 Å². The van der Waals surface area contributed by atoms with Gasteiger partial charge in [-0.05, 0) is 42.5 Å². The van der Waals surface area contributed by atoms with E-state index in [0.29, 0.717) is 0 Å². The summed E-state index contributed by atoms with van der Waals surface area (Å²) in [7, 11) is 0. The lowest BCUT2D eigenvalue weighted by molar-refractivity contribution is 0.821. The first-order valence-electron chi connectivity index (χ1n) is 5.02. The van der Waals surface area contributed by atoms with E-state index in [9.17, 15) is 0 Å². The molecule has 0 aliphatic heterocycles. The lowest BCUT2D eigenvalue weighted by atomic mass is 10.2. The van der Waals surface area contributed by atoms with E-state index >= 15 is 0 Å². The first kappa shape index (κ1) is 10.3. The Morgan fingerprint density at radius 3 is 2.93 bits per heavy atom. The van der Waals surface area contributed by atoms with Gasteiger partial charge in [-0.1, -0.05) is 23.7 Å². The monoisotopic (exact) mass is 219 g/mol. The fourth-order valence-electron chi connectivity index (χ4n) is 1.74. The maximum atomic E-state index is 5.68. The van der Waals surface area contributed by atoms with Crippen molar-refractivity contribution in [3.63, 3.8) is 0 Å². The standard InChI is InChI=1S/C13H14ClN/c1-10-3-4-12-5-6-15(13(12)7-10)9-11(2)8-14/h3-8H,9H2,1-2H3/b11-8-. The van der Waals surface area contributed by atoms with Gasteiger partial charge in [0.1, 0.15) is 0 Å². The molecule has 2 heteroatoms. The number of hydrogen-bond acceptors (Lipinski definition) is 0. The molecule has 0 spiro atoms. The molecule has 15 heavy (non-hydrogen) atoms. The van der Waals surface area contributed by atoms with Gasteiger partial charge in [-0.2, -0.15) is 0 Å². The van der Waals surface area contributed by atoms with Crippen LogP contribution in [-0.2, 0) is 6.54 Å². The number of hydrogen-bond donors (Lipinski definition) is 0. The molecule has 0 bridgehead atoms. The quantitative estimate of drug-likeness (QED) is 0.717. The van der Waals surface area contributed by atoms with Gasteiger partial charge in [0.25, 0.3) is 0 Å². The number of aromatic nitrogens is 1. The molecule has 2 aromatic rings. The molecule has 0 unspecified atom stereocenters. The van der Waals surface area contributed by atoms with Crippen LogP contribution in [0.3, 0.4) is 0 Å². The van der Waals surface area contributed by atoms with Gasteiger partial charge in [-0.3, -0.25) is 0 Å². The van der Waals surface area contributed by atoms with Crippen LogP contribution in [0, 0.1) is 6.92 Å². The molecular formula is C13H14ClN. The minimum atomic E-state index is 0.858. The van der Waals surface area contributed by atoms with Crippen LogP contribution < -0.4 is 0 Å². The Kier molecular flexibility index (Phi) is 2.83. The molecule has 0 aliphatic carbocycles. The van der Waals surface area contributed by atoms with Crippen LogP contribution in [0.4, 0.5) is 0 Å². The summed E-state index contributed by atoms with van der Waals surface area (Å²) in [5.41, 5.74) is 5.36. The smallest absolute Gasteiger partial charge is 0.0485 e. The third-order valence-corrected chi connectivity index (χ3v) is 2.91. The van der Waals surface area contributed by atoms with E-state index in [4.69, 9.17) is 11.6 Å². The molecule has 1 nitrogen and oxygen atoms in total. The van der Waals surface area contributed by atoms with Crippen molar-refractivity contribution < 1.29 is 0 Å². The first-order valence-corrected chi connectivity index (χ1v) is 5.45. The van der Waals surface area contributed by atoms with Crippen LogP contribution in [0.5, 0.6) is 0 Å². The Bertz CT molecular complexity index is 508. The summed E-state index contributed by atoms with van der Waals surface area (Å²) < 4.78 is 2.22. The number of halogens is 1. The summed E-state index contributed by atoms with van der Waals surface area (Å²) >= 11 is 5.68. The van der Waals surface area contributed by atoms with Crippen LogP contribution >= 0.6 is 11.6 Å². The SMILES string of the molecule is C/C(=C/Cl)Cn1ccc2ccc(C)cc21. The van der Waals surface area contributed by atoms with Crippen molar-refractivity contribution in [2.24, 2.45) is 0 Å². The first-order chi connectivity index (χ1) is 7.20. The summed E-state index contributed by atoms with van der Waals surface area (Å²) in [6.07, 6.45) is 2.11. The second-order valence-corrected chi connectivity index (χ2v) is 4.18. The normalized spacial score (nSPS) is 12.3. The highest BCUT2D eigenvalue weighted by Gasteiger charge is 2.01. The van der Waals surface area contributed by atoms with E-state index in [2.05, 4.69) is 42.0 Å². The number of aryl methyl sites for hydroxylation is 1. The molecule has 1 aromatic heterocycles. The average Bonchev–Trinajstić information content (AvgIpc) is 2.61. The van der Waals surface area contributed by atoms with Crippen LogP contribution in [0.15, 0.2) is 41.6 Å². The van der Waals surface area contributed by atoms with E-state index in [1.807, 2.05) is 6.92 Å². The van der Waals surface area contributed by atoms with Gasteiger partial charge >= 0.3 is 0 Å². The number of nitrogens with zero attached hydrogens (tertiary/aromatic N) is 1. The van der Waals surface area contributed by atoms with Crippen molar-refractivity contribution in [1.29, 1.82) is 0 Å². The van der Waals surface area contributed by atoms with E-state index < -0.39 is 0 Å². The molecular weight excluding hydrogens is 206 g/mol. The fraction of sp³-hybridized carbons (Fsp3) is 0.231. The van der Waals surface area contributed by atoms with Crippen molar-refractivity contribution in [2.45, 2.75) is 20.4 Å². The highest BCUT2D eigenvalue weighted by atomic mass is 35.5. The third-order valence-electron chi connectivity index (χ3n) is 2.54. The van der Waals surface area contributed by atoms with Crippen LogP contribution in [-0.4, -0.2) is 4.57 Å². The molecule has 0 aliphatic rings. The number of benzene rings is 1. The molecule has 2 rings (SSSR count). The van der Waals surface area contributed by atoms with Crippen molar-refractivity contribution in [1.82, 2.24) is 4.57 Å². The highest BCUT2D eigenvalue weighted by molar-refractivity contribution is 6.25. The summed E-state index contributed by atoms with van der Waals surface area (Å²) in [6.45, 7) is 5.01. The predicted molar refractivity (Wildman–Crippen MR) is 66.3 cm³/mol. The topological polar surface area (TPSA) is 4.93 Å². The lowest BCUT2D eigenvalue weighted by Crippen LogP contribution is -1.96. The number of allylic oxidation sites excluding steroid dienone is 1. The minimum Gasteiger partial charge on any atom is -0.343 e. The van der Waals surface area contributed by atoms with Crippen molar-refractivity contribution in [3.8, 4) is 0 Å². The molecule has 0 N–H and O–H groups in total. The van der Waals surface area contributed by atoms with Crippen molar-refractivity contribution in [3.05, 3.63) is 47.1 Å². The van der Waals surface area contributed by atoms with Gasteiger partial charge in [-0.15, -0.1) is 0 Å². The Morgan fingerprint density at radius 2 is 2.20 bits per heavy atom. The Balaban J connectivity index is 2.48. The minimum absolute atomic E-state index is 0.858. The van der Waals surface area contributed by atoms with E-state index in [1.54, 1.807) is 5.54 Å². The second kappa shape index (κ2) is 4.11. The predicted octanol–water partition coefficient (Wildman–Crippen LogP) is 4.09. The summed E-state index contributed by atoms with van der Waals surface area (Å²) in [5.74, 6) is 0. The zero-order valence-electron chi connectivity index (χ0n) is 9.00. The van der Waals surface area contributed by atoms with E-state index in [1.165, 1.54) is 16.5 Å². The molecule has 1 heterocycles. The van der Waals surface area contributed by atoms with Gasteiger partial charge in [-0.25, -0.2) is 0 Å². The van der Waals surface area contributed by atoms with Gasteiger partial charge in [0.05, 0.1) is 0 Å². The fourth-order valence-corrected chi connectivity index (χ4v) is 1.80. The summed E-state index contributed by atoms with van der Waals surface area (Å²) in [6, 6.07) is 8.63.